The number of anilines is 1. The molecule has 0 unspecified atom stereocenters. The van der Waals surface area contributed by atoms with E-state index in [9.17, 15) is 14.4 Å². The van der Waals surface area contributed by atoms with Gasteiger partial charge in [-0.25, -0.2) is 4.90 Å². The lowest BCUT2D eigenvalue weighted by molar-refractivity contribution is -0.123. The Labute approximate surface area is 170 Å². The first-order chi connectivity index (χ1) is 14.1. The summed E-state index contributed by atoms with van der Waals surface area (Å²) in [5.41, 5.74) is 2.38. The van der Waals surface area contributed by atoms with Crippen LogP contribution in [0.3, 0.4) is 0 Å². The Morgan fingerprint density at radius 3 is 2.34 bits per heavy atom. The molecule has 5 nitrogen and oxygen atoms in total. The summed E-state index contributed by atoms with van der Waals surface area (Å²) in [5.74, 6) is -1.44. The summed E-state index contributed by atoms with van der Waals surface area (Å²) in [6, 6.07) is 16.2. The minimum Gasteiger partial charge on any atom is -0.292 e. The maximum absolute atomic E-state index is 13.5. The van der Waals surface area contributed by atoms with E-state index < -0.39 is 17.9 Å². The van der Waals surface area contributed by atoms with Crippen LogP contribution in [-0.2, 0) is 16.0 Å². The highest BCUT2D eigenvalue weighted by Crippen LogP contribution is 2.48. The molecule has 0 bridgehead atoms. The standard InChI is InChI=1S/C24H24N2O3/c1-2-15-10-12-17(13-11-15)26-23(28)19-18-9-6-14-25(18)21(20(19)24(26)29)22(27)16-7-4-3-5-8-16/h3-5,7-8,10-13,18-21H,2,6,9,14H2,1H3/t18-,19+,20+,21-/m0/s1. The highest BCUT2D eigenvalue weighted by molar-refractivity contribution is 6.24. The Kier molecular flexibility index (Phi) is 4.36. The molecule has 0 radical (unpaired) electrons. The molecule has 0 aromatic heterocycles. The molecule has 29 heavy (non-hydrogen) atoms. The van der Waals surface area contributed by atoms with Crippen molar-refractivity contribution < 1.29 is 14.4 Å². The Hall–Kier alpha value is -2.79. The largest absolute Gasteiger partial charge is 0.292 e. The maximum atomic E-state index is 13.5. The van der Waals surface area contributed by atoms with Crippen molar-refractivity contribution in [3.63, 3.8) is 0 Å². The van der Waals surface area contributed by atoms with E-state index in [1.54, 1.807) is 12.1 Å². The second-order valence-corrected chi connectivity index (χ2v) is 8.21. The monoisotopic (exact) mass is 388 g/mol. The van der Waals surface area contributed by atoms with Gasteiger partial charge >= 0.3 is 0 Å². The Bertz CT molecular complexity index is 969. The number of rotatable bonds is 4. The molecule has 3 fully saturated rings. The van der Waals surface area contributed by atoms with Crippen molar-refractivity contribution in [1.29, 1.82) is 0 Å². The van der Waals surface area contributed by atoms with Crippen molar-refractivity contribution in [2.24, 2.45) is 11.8 Å². The molecule has 0 spiro atoms. The van der Waals surface area contributed by atoms with Gasteiger partial charge in [0.15, 0.2) is 5.78 Å². The summed E-state index contributed by atoms with van der Waals surface area (Å²) >= 11 is 0. The van der Waals surface area contributed by atoms with Gasteiger partial charge in [0, 0.05) is 11.6 Å². The van der Waals surface area contributed by atoms with Gasteiger partial charge in [-0.2, -0.15) is 0 Å². The third-order valence-electron chi connectivity index (χ3n) is 6.78. The molecule has 0 saturated carbocycles. The number of carbonyl (C=O) groups is 3. The van der Waals surface area contributed by atoms with Crippen molar-refractivity contribution in [3.05, 3.63) is 65.7 Å². The van der Waals surface area contributed by atoms with Crippen LogP contribution in [0.25, 0.3) is 0 Å². The van der Waals surface area contributed by atoms with Crippen molar-refractivity contribution in [2.45, 2.75) is 38.3 Å². The van der Waals surface area contributed by atoms with E-state index in [1.807, 2.05) is 42.5 Å². The molecule has 2 amide bonds. The van der Waals surface area contributed by atoms with Gasteiger partial charge in [-0.15, -0.1) is 0 Å². The van der Waals surface area contributed by atoms with Gasteiger partial charge in [0.05, 0.1) is 23.6 Å². The van der Waals surface area contributed by atoms with Crippen LogP contribution in [0.1, 0.15) is 35.7 Å². The first kappa shape index (κ1) is 18.3. The quantitative estimate of drug-likeness (QED) is 0.597. The summed E-state index contributed by atoms with van der Waals surface area (Å²) in [6.45, 7) is 2.84. The number of hydrogen-bond donors (Lipinski definition) is 0. The number of hydrogen-bond acceptors (Lipinski definition) is 4. The number of aryl methyl sites for hydroxylation is 1. The van der Waals surface area contributed by atoms with Gasteiger partial charge in [-0.05, 0) is 43.5 Å². The number of imide groups is 1. The SMILES string of the molecule is CCc1ccc(N2C(=O)[C@@H]3[C@H](C2=O)[C@@H]2CCCN2[C@@H]3C(=O)c2ccccc2)cc1. The van der Waals surface area contributed by atoms with Crippen molar-refractivity contribution in [2.75, 3.05) is 11.4 Å². The minimum absolute atomic E-state index is 0.0194. The van der Waals surface area contributed by atoms with Crippen LogP contribution < -0.4 is 4.90 Å². The fourth-order valence-electron chi connectivity index (χ4n) is 5.42. The number of ketones is 1. The van der Waals surface area contributed by atoms with Crippen LogP contribution in [0.4, 0.5) is 5.69 Å². The number of benzene rings is 2. The number of Topliss-reactive ketones (excluding diaryl/α,β-unsaturated/α-hetero) is 1. The van der Waals surface area contributed by atoms with Crippen LogP contribution in [0.2, 0.25) is 0 Å². The highest BCUT2D eigenvalue weighted by Gasteiger charge is 2.64. The molecule has 3 aliphatic heterocycles. The third-order valence-corrected chi connectivity index (χ3v) is 6.78. The predicted molar refractivity (Wildman–Crippen MR) is 110 cm³/mol. The summed E-state index contributed by atoms with van der Waals surface area (Å²) in [6.07, 6.45) is 2.72. The number of fused-ring (bicyclic) bond motifs is 3. The molecule has 5 heteroatoms. The van der Waals surface area contributed by atoms with E-state index in [-0.39, 0.29) is 23.6 Å². The zero-order valence-corrected chi connectivity index (χ0v) is 16.5. The second-order valence-electron chi connectivity index (χ2n) is 8.21. The molecule has 148 valence electrons. The van der Waals surface area contributed by atoms with Gasteiger partial charge in [0.1, 0.15) is 0 Å². The lowest BCUT2D eigenvalue weighted by Gasteiger charge is -2.27. The molecular formula is C24H24N2O3. The maximum Gasteiger partial charge on any atom is 0.239 e. The first-order valence-corrected chi connectivity index (χ1v) is 10.4. The van der Waals surface area contributed by atoms with Crippen LogP contribution >= 0.6 is 0 Å². The molecule has 3 saturated heterocycles. The summed E-state index contributed by atoms with van der Waals surface area (Å²) in [4.78, 5) is 43.7. The minimum atomic E-state index is -0.591. The third kappa shape index (κ3) is 2.68. The van der Waals surface area contributed by atoms with Crippen molar-refractivity contribution >= 4 is 23.3 Å². The fourth-order valence-corrected chi connectivity index (χ4v) is 5.42. The molecule has 0 N–H and O–H groups in total. The van der Waals surface area contributed by atoms with E-state index in [4.69, 9.17) is 0 Å². The lowest BCUT2D eigenvalue weighted by atomic mass is 9.85. The Morgan fingerprint density at radius 1 is 0.966 bits per heavy atom. The molecule has 3 heterocycles. The van der Waals surface area contributed by atoms with E-state index >= 15 is 0 Å². The van der Waals surface area contributed by atoms with Crippen LogP contribution in [0, 0.1) is 11.8 Å². The van der Waals surface area contributed by atoms with Crippen molar-refractivity contribution in [3.8, 4) is 0 Å². The summed E-state index contributed by atoms with van der Waals surface area (Å²) < 4.78 is 0. The molecule has 2 aromatic rings. The van der Waals surface area contributed by atoms with Gasteiger partial charge < -0.3 is 0 Å². The molecule has 2 aromatic carbocycles. The fraction of sp³-hybridized carbons (Fsp3) is 0.375. The Balaban J connectivity index is 1.53. The summed E-state index contributed by atoms with van der Waals surface area (Å²) in [7, 11) is 0. The van der Waals surface area contributed by atoms with Gasteiger partial charge in [0.25, 0.3) is 0 Å². The average molecular weight is 388 g/mol. The zero-order chi connectivity index (χ0) is 20.1. The average Bonchev–Trinajstić information content (AvgIpc) is 3.40. The molecule has 5 rings (SSSR count). The van der Waals surface area contributed by atoms with E-state index in [1.165, 1.54) is 4.90 Å². The molecule has 4 atom stereocenters. The number of carbonyl (C=O) groups excluding carboxylic acids is 3. The first-order valence-electron chi connectivity index (χ1n) is 10.4. The van der Waals surface area contributed by atoms with Gasteiger partial charge in [-0.3, -0.25) is 19.3 Å². The Morgan fingerprint density at radius 2 is 1.66 bits per heavy atom. The summed E-state index contributed by atoms with van der Waals surface area (Å²) in [5, 5.41) is 0. The predicted octanol–water partition coefficient (Wildman–Crippen LogP) is 3.08. The molecule has 3 aliphatic rings. The van der Waals surface area contributed by atoms with Gasteiger partial charge in [-0.1, -0.05) is 49.4 Å². The lowest BCUT2D eigenvalue weighted by Crippen LogP contribution is -2.46. The zero-order valence-electron chi connectivity index (χ0n) is 16.5. The molecular weight excluding hydrogens is 364 g/mol. The van der Waals surface area contributed by atoms with E-state index in [0.717, 1.165) is 31.4 Å². The number of nitrogens with zero attached hydrogens (tertiary/aromatic N) is 2. The van der Waals surface area contributed by atoms with Crippen LogP contribution in [0.15, 0.2) is 54.6 Å². The normalized spacial score (nSPS) is 28.7. The number of amides is 2. The van der Waals surface area contributed by atoms with E-state index in [2.05, 4.69) is 11.8 Å². The van der Waals surface area contributed by atoms with Crippen LogP contribution in [0.5, 0.6) is 0 Å². The smallest absolute Gasteiger partial charge is 0.239 e. The molecule has 0 aliphatic carbocycles. The highest BCUT2D eigenvalue weighted by atomic mass is 16.2. The second kappa shape index (κ2) is 6.92. The van der Waals surface area contributed by atoms with Gasteiger partial charge in [0.2, 0.25) is 11.8 Å². The van der Waals surface area contributed by atoms with E-state index in [0.29, 0.717) is 11.3 Å². The van der Waals surface area contributed by atoms with Crippen molar-refractivity contribution in [1.82, 2.24) is 4.90 Å². The topological polar surface area (TPSA) is 57.7 Å². The van der Waals surface area contributed by atoms with Crippen LogP contribution in [-0.4, -0.2) is 41.1 Å².